The van der Waals surface area contributed by atoms with Crippen LogP contribution in [-0.4, -0.2) is 16.8 Å². The zero-order valence-corrected chi connectivity index (χ0v) is 12.4. The Balaban J connectivity index is 2.12. The lowest BCUT2D eigenvalue weighted by molar-refractivity contribution is 0.101. The van der Waals surface area contributed by atoms with E-state index in [4.69, 9.17) is 11.6 Å². The van der Waals surface area contributed by atoms with E-state index in [1.54, 1.807) is 36.5 Å². The number of hydrogen-bond donors (Lipinski definition) is 2. The standard InChI is InChI=1S/C15H14ClN3O2/c1-9-6-7-17-14(16)13(9)19-15(21)18-12-5-3-4-11(8-12)10(2)20/h3-8H,1-2H3,(H2,18,19,21). The summed E-state index contributed by atoms with van der Waals surface area (Å²) >= 11 is 5.95. The number of nitrogens with one attached hydrogen (secondary N) is 2. The van der Waals surface area contributed by atoms with Gasteiger partial charge in [-0.15, -0.1) is 0 Å². The number of anilines is 2. The lowest BCUT2D eigenvalue weighted by Gasteiger charge is -2.11. The summed E-state index contributed by atoms with van der Waals surface area (Å²) in [6.45, 7) is 3.29. The summed E-state index contributed by atoms with van der Waals surface area (Å²) in [5.41, 5.74) is 2.32. The molecule has 0 saturated heterocycles. The Bertz CT molecular complexity index is 681. The third-order valence-electron chi connectivity index (χ3n) is 2.88. The van der Waals surface area contributed by atoms with Crippen LogP contribution in [0.1, 0.15) is 22.8 Å². The Labute approximate surface area is 127 Å². The second-order valence-electron chi connectivity index (χ2n) is 4.51. The molecule has 2 N–H and O–H groups in total. The van der Waals surface area contributed by atoms with Crippen LogP contribution in [0.15, 0.2) is 36.5 Å². The number of ketones is 1. The molecule has 0 bridgehead atoms. The number of Topliss-reactive ketones (excluding diaryl/α,β-unsaturated/α-hetero) is 1. The fourth-order valence-electron chi connectivity index (χ4n) is 1.77. The minimum atomic E-state index is -0.450. The Hall–Kier alpha value is -2.40. The Morgan fingerprint density at radius 2 is 1.95 bits per heavy atom. The van der Waals surface area contributed by atoms with Gasteiger partial charge in [0.25, 0.3) is 0 Å². The maximum atomic E-state index is 12.0. The number of hydrogen-bond acceptors (Lipinski definition) is 3. The number of carbonyl (C=O) groups excluding carboxylic acids is 2. The first-order chi connectivity index (χ1) is 9.97. The molecule has 0 aliphatic heterocycles. The van der Waals surface area contributed by atoms with Gasteiger partial charge in [0.2, 0.25) is 0 Å². The van der Waals surface area contributed by atoms with Crippen molar-refractivity contribution in [3.63, 3.8) is 0 Å². The predicted molar refractivity (Wildman–Crippen MR) is 83.1 cm³/mol. The molecule has 2 aromatic rings. The summed E-state index contributed by atoms with van der Waals surface area (Å²) in [5, 5.41) is 5.52. The van der Waals surface area contributed by atoms with Crippen molar-refractivity contribution in [1.82, 2.24) is 4.98 Å². The molecule has 0 saturated carbocycles. The minimum absolute atomic E-state index is 0.0646. The summed E-state index contributed by atoms with van der Waals surface area (Å²) in [6, 6.07) is 8.00. The highest BCUT2D eigenvalue weighted by atomic mass is 35.5. The van der Waals surface area contributed by atoms with Crippen LogP contribution >= 0.6 is 11.6 Å². The van der Waals surface area contributed by atoms with Gasteiger partial charge in [0.05, 0.1) is 5.69 Å². The van der Waals surface area contributed by atoms with Gasteiger partial charge in [0.15, 0.2) is 10.9 Å². The molecule has 0 radical (unpaired) electrons. The topological polar surface area (TPSA) is 71.1 Å². The number of amides is 2. The molecule has 0 fully saturated rings. The van der Waals surface area contributed by atoms with Crippen molar-refractivity contribution >= 4 is 34.8 Å². The van der Waals surface area contributed by atoms with Crippen molar-refractivity contribution in [1.29, 1.82) is 0 Å². The highest BCUT2D eigenvalue weighted by molar-refractivity contribution is 6.32. The second-order valence-corrected chi connectivity index (χ2v) is 4.87. The maximum absolute atomic E-state index is 12.0. The fourth-order valence-corrected chi connectivity index (χ4v) is 2.02. The van der Waals surface area contributed by atoms with E-state index in [1.807, 2.05) is 6.92 Å². The second kappa shape index (κ2) is 6.37. The highest BCUT2D eigenvalue weighted by Gasteiger charge is 2.10. The van der Waals surface area contributed by atoms with E-state index in [0.717, 1.165) is 5.56 Å². The van der Waals surface area contributed by atoms with Crippen LogP contribution < -0.4 is 10.6 Å². The minimum Gasteiger partial charge on any atom is -0.308 e. The molecule has 0 atom stereocenters. The lowest BCUT2D eigenvalue weighted by atomic mass is 10.1. The van der Waals surface area contributed by atoms with Gasteiger partial charge in [-0.3, -0.25) is 4.79 Å². The van der Waals surface area contributed by atoms with Gasteiger partial charge in [0, 0.05) is 17.4 Å². The van der Waals surface area contributed by atoms with Crippen LogP contribution in [0.3, 0.4) is 0 Å². The molecule has 2 amide bonds. The summed E-state index contributed by atoms with van der Waals surface area (Å²) in [7, 11) is 0. The summed E-state index contributed by atoms with van der Waals surface area (Å²) in [4.78, 5) is 27.2. The van der Waals surface area contributed by atoms with Crippen molar-refractivity contribution in [3.05, 3.63) is 52.8 Å². The average molecular weight is 304 g/mol. The molecule has 0 aliphatic rings. The van der Waals surface area contributed by atoms with Crippen molar-refractivity contribution in [2.45, 2.75) is 13.8 Å². The van der Waals surface area contributed by atoms with E-state index >= 15 is 0 Å². The van der Waals surface area contributed by atoms with Gasteiger partial charge >= 0.3 is 6.03 Å². The SMILES string of the molecule is CC(=O)c1cccc(NC(=O)Nc2c(C)ccnc2Cl)c1. The quantitative estimate of drug-likeness (QED) is 0.667. The van der Waals surface area contributed by atoms with Crippen molar-refractivity contribution in [2.75, 3.05) is 10.6 Å². The van der Waals surface area contributed by atoms with E-state index in [-0.39, 0.29) is 10.9 Å². The number of rotatable bonds is 3. The summed E-state index contributed by atoms with van der Waals surface area (Å²) in [6.07, 6.45) is 1.57. The smallest absolute Gasteiger partial charge is 0.308 e. The van der Waals surface area contributed by atoms with E-state index < -0.39 is 6.03 Å². The zero-order valence-electron chi connectivity index (χ0n) is 11.6. The number of urea groups is 1. The molecule has 1 aromatic carbocycles. The van der Waals surface area contributed by atoms with Gasteiger partial charge in [-0.2, -0.15) is 0 Å². The Kier molecular flexibility index (Phi) is 4.55. The van der Waals surface area contributed by atoms with Crippen molar-refractivity contribution in [3.8, 4) is 0 Å². The number of carbonyl (C=O) groups is 2. The molecule has 0 spiro atoms. The third-order valence-corrected chi connectivity index (χ3v) is 3.17. The van der Waals surface area contributed by atoms with Gasteiger partial charge in [-0.25, -0.2) is 9.78 Å². The molecular formula is C15H14ClN3O2. The number of aromatic nitrogens is 1. The van der Waals surface area contributed by atoms with Crippen LogP contribution in [0.4, 0.5) is 16.2 Å². The van der Waals surface area contributed by atoms with Gasteiger partial charge in [-0.1, -0.05) is 23.7 Å². The van der Waals surface area contributed by atoms with Crippen LogP contribution in [0.25, 0.3) is 0 Å². The maximum Gasteiger partial charge on any atom is 0.323 e. The number of aryl methyl sites for hydroxylation is 1. The molecule has 1 heterocycles. The number of pyridine rings is 1. The molecule has 5 nitrogen and oxygen atoms in total. The fraction of sp³-hybridized carbons (Fsp3) is 0.133. The molecule has 2 rings (SSSR count). The van der Waals surface area contributed by atoms with E-state index in [0.29, 0.717) is 16.9 Å². The largest absolute Gasteiger partial charge is 0.323 e. The number of nitrogens with zero attached hydrogens (tertiary/aromatic N) is 1. The molecule has 21 heavy (non-hydrogen) atoms. The van der Waals surface area contributed by atoms with Gasteiger partial charge in [-0.05, 0) is 37.6 Å². The van der Waals surface area contributed by atoms with Crippen LogP contribution in [-0.2, 0) is 0 Å². The average Bonchev–Trinajstić information content (AvgIpc) is 2.43. The first-order valence-corrected chi connectivity index (χ1v) is 6.65. The summed E-state index contributed by atoms with van der Waals surface area (Å²) < 4.78 is 0. The highest BCUT2D eigenvalue weighted by Crippen LogP contribution is 2.23. The van der Waals surface area contributed by atoms with Gasteiger partial charge in [0.1, 0.15) is 0 Å². The molecule has 108 valence electrons. The zero-order chi connectivity index (χ0) is 15.4. The van der Waals surface area contributed by atoms with Crippen molar-refractivity contribution < 1.29 is 9.59 Å². The predicted octanol–water partition coefficient (Wildman–Crippen LogP) is 3.89. The van der Waals surface area contributed by atoms with E-state index in [1.165, 1.54) is 6.92 Å². The molecule has 0 aliphatic carbocycles. The number of halogens is 1. The molecule has 6 heteroatoms. The van der Waals surface area contributed by atoms with Crippen LogP contribution in [0.2, 0.25) is 5.15 Å². The number of benzene rings is 1. The molecule has 0 unspecified atom stereocenters. The van der Waals surface area contributed by atoms with E-state index in [9.17, 15) is 9.59 Å². The normalized spacial score (nSPS) is 10.0. The first-order valence-electron chi connectivity index (χ1n) is 6.27. The Morgan fingerprint density at radius 1 is 1.19 bits per heavy atom. The van der Waals surface area contributed by atoms with Crippen LogP contribution in [0, 0.1) is 6.92 Å². The monoisotopic (exact) mass is 303 g/mol. The molecular weight excluding hydrogens is 290 g/mol. The third kappa shape index (κ3) is 3.79. The lowest BCUT2D eigenvalue weighted by Crippen LogP contribution is -2.20. The van der Waals surface area contributed by atoms with Crippen LogP contribution in [0.5, 0.6) is 0 Å². The Morgan fingerprint density at radius 3 is 2.62 bits per heavy atom. The van der Waals surface area contributed by atoms with E-state index in [2.05, 4.69) is 15.6 Å². The molecule has 1 aromatic heterocycles. The summed E-state index contributed by atoms with van der Waals surface area (Å²) in [5.74, 6) is -0.0646. The van der Waals surface area contributed by atoms with Gasteiger partial charge < -0.3 is 10.6 Å². The first kappa shape index (κ1) is 15.0. The van der Waals surface area contributed by atoms with Crippen molar-refractivity contribution in [2.24, 2.45) is 0 Å².